The predicted octanol–water partition coefficient (Wildman–Crippen LogP) is 1.90. The molecular formula is C12H20O3. The van der Waals surface area contributed by atoms with Gasteiger partial charge in [-0.1, -0.05) is 6.08 Å². The molecule has 0 amide bonds. The van der Waals surface area contributed by atoms with E-state index in [9.17, 15) is 9.90 Å². The summed E-state index contributed by atoms with van der Waals surface area (Å²) in [6, 6.07) is 0. The highest BCUT2D eigenvalue weighted by molar-refractivity contribution is 5.72. The smallest absolute Gasteiger partial charge is 0.308 e. The first-order valence-corrected chi connectivity index (χ1v) is 5.55. The first-order valence-electron chi connectivity index (χ1n) is 5.55. The van der Waals surface area contributed by atoms with E-state index >= 15 is 0 Å². The van der Waals surface area contributed by atoms with Gasteiger partial charge in [-0.25, -0.2) is 0 Å². The van der Waals surface area contributed by atoms with E-state index in [0.29, 0.717) is 12.3 Å². The van der Waals surface area contributed by atoms with E-state index < -0.39 is 0 Å². The molecule has 0 aromatic rings. The van der Waals surface area contributed by atoms with Crippen LogP contribution in [0.1, 0.15) is 32.1 Å². The zero-order valence-electron chi connectivity index (χ0n) is 9.32. The molecule has 0 saturated heterocycles. The number of ether oxygens (including phenoxy) is 1. The van der Waals surface area contributed by atoms with Crippen LogP contribution in [0, 0.1) is 11.8 Å². The Morgan fingerprint density at radius 1 is 1.53 bits per heavy atom. The summed E-state index contributed by atoms with van der Waals surface area (Å²) in [6.45, 7) is 3.62. The Balaban J connectivity index is 2.35. The second kappa shape index (κ2) is 5.91. The Hall–Kier alpha value is -0.830. The second-order valence-corrected chi connectivity index (χ2v) is 4.23. The number of esters is 1. The minimum Gasteiger partial charge on any atom is -0.469 e. The average molecular weight is 212 g/mol. The van der Waals surface area contributed by atoms with Crippen molar-refractivity contribution in [3.05, 3.63) is 12.7 Å². The van der Waals surface area contributed by atoms with Crippen molar-refractivity contribution in [2.75, 3.05) is 7.11 Å². The van der Waals surface area contributed by atoms with Gasteiger partial charge >= 0.3 is 5.97 Å². The molecule has 0 radical (unpaired) electrons. The highest BCUT2D eigenvalue weighted by Gasteiger charge is 2.29. The molecule has 1 saturated carbocycles. The minimum absolute atomic E-state index is 0.0437. The van der Waals surface area contributed by atoms with Crippen LogP contribution in [0.4, 0.5) is 0 Å². The molecule has 86 valence electrons. The van der Waals surface area contributed by atoms with Crippen LogP contribution in [-0.2, 0) is 9.53 Å². The summed E-state index contributed by atoms with van der Waals surface area (Å²) in [5.41, 5.74) is 0. The number of methoxy groups -OCH3 is 1. The average Bonchev–Trinajstić information content (AvgIpc) is 2.28. The maximum absolute atomic E-state index is 11.3. The first kappa shape index (κ1) is 12.2. The fourth-order valence-electron chi connectivity index (χ4n) is 2.27. The molecule has 0 aromatic carbocycles. The summed E-state index contributed by atoms with van der Waals surface area (Å²) in [7, 11) is 1.43. The zero-order chi connectivity index (χ0) is 11.3. The van der Waals surface area contributed by atoms with Gasteiger partial charge < -0.3 is 9.84 Å². The first-order chi connectivity index (χ1) is 7.19. The van der Waals surface area contributed by atoms with Crippen LogP contribution in [0.3, 0.4) is 0 Å². The highest BCUT2D eigenvalue weighted by atomic mass is 16.5. The van der Waals surface area contributed by atoms with Crippen LogP contribution >= 0.6 is 0 Å². The molecule has 1 atom stereocenters. The third-order valence-corrected chi connectivity index (χ3v) is 3.26. The van der Waals surface area contributed by atoms with Gasteiger partial charge in [0, 0.05) is 0 Å². The number of carbonyl (C=O) groups excluding carboxylic acids is 1. The van der Waals surface area contributed by atoms with Gasteiger partial charge in [0.25, 0.3) is 0 Å². The van der Waals surface area contributed by atoms with Crippen molar-refractivity contribution in [3.8, 4) is 0 Å². The molecule has 3 heteroatoms. The number of aliphatic hydroxyl groups excluding tert-OH is 1. The van der Waals surface area contributed by atoms with Crippen molar-refractivity contribution >= 4 is 5.97 Å². The Kier molecular flexibility index (Phi) is 4.82. The van der Waals surface area contributed by atoms with Gasteiger partial charge in [-0.3, -0.25) is 4.79 Å². The van der Waals surface area contributed by atoms with Crippen LogP contribution in [0.2, 0.25) is 0 Å². The quantitative estimate of drug-likeness (QED) is 0.572. The van der Waals surface area contributed by atoms with Crippen molar-refractivity contribution < 1.29 is 14.6 Å². The lowest BCUT2D eigenvalue weighted by molar-refractivity contribution is -0.147. The molecule has 0 aromatic heterocycles. The van der Waals surface area contributed by atoms with E-state index in [1.54, 1.807) is 6.08 Å². The highest BCUT2D eigenvalue weighted by Crippen LogP contribution is 2.32. The van der Waals surface area contributed by atoms with Crippen LogP contribution in [0.25, 0.3) is 0 Å². The van der Waals surface area contributed by atoms with E-state index in [0.717, 1.165) is 25.7 Å². The molecule has 1 N–H and O–H groups in total. The van der Waals surface area contributed by atoms with E-state index in [1.807, 2.05) is 0 Å². The molecule has 1 fully saturated rings. The number of rotatable bonds is 4. The van der Waals surface area contributed by atoms with Crippen molar-refractivity contribution in [2.24, 2.45) is 11.8 Å². The van der Waals surface area contributed by atoms with Crippen LogP contribution in [-0.4, -0.2) is 24.3 Å². The van der Waals surface area contributed by atoms with E-state index in [-0.39, 0.29) is 18.0 Å². The van der Waals surface area contributed by atoms with E-state index in [2.05, 4.69) is 6.58 Å². The largest absolute Gasteiger partial charge is 0.469 e. The number of hydrogen-bond acceptors (Lipinski definition) is 3. The van der Waals surface area contributed by atoms with Crippen molar-refractivity contribution in [2.45, 2.75) is 38.2 Å². The second-order valence-electron chi connectivity index (χ2n) is 4.23. The lowest BCUT2D eigenvalue weighted by Gasteiger charge is -2.29. The van der Waals surface area contributed by atoms with E-state index in [4.69, 9.17) is 4.74 Å². The summed E-state index contributed by atoms with van der Waals surface area (Å²) in [6.07, 6.45) is 5.60. The van der Waals surface area contributed by atoms with Crippen molar-refractivity contribution in [1.82, 2.24) is 0 Å². The van der Waals surface area contributed by atoms with Gasteiger partial charge in [-0.15, -0.1) is 6.58 Å². The number of aliphatic hydroxyl groups is 1. The summed E-state index contributed by atoms with van der Waals surface area (Å²) in [5.74, 6) is 0.262. The standard InChI is InChI=1S/C12H20O3/c1-3-4-11(13)9-5-7-10(8-6-9)12(14)15-2/h3,9-11,13H,1,4-8H2,2H3. The van der Waals surface area contributed by atoms with Gasteiger partial charge in [-0.2, -0.15) is 0 Å². The monoisotopic (exact) mass is 212 g/mol. The van der Waals surface area contributed by atoms with Crippen LogP contribution < -0.4 is 0 Å². The fraction of sp³-hybridized carbons (Fsp3) is 0.750. The van der Waals surface area contributed by atoms with Gasteiger partial charge in [0.15, 0.2) is 0 Å². The lowest BCUT2D eigenvalue weighted by Crippen LogP contribution is -2.28. The van der Waals surface area contributed by atoms with Crippen molar-refractivity contribution in [3.63, 3.8) is 0 Å². The van der Waals surface area contributed by atoms with Crippen LogP contribution in [0.5, 0.6) is 0 Å². The summed E-state index contributed by atoms with van der Waals surface area (Å²) in [4.78, 5) is 11.3. The number of hydrogen-bond donors (Lipinski definition) is 1. The van der Waals surface area contributed by atoms with Gasteiger partial charge in [0.1, 0.15) is 0 Å². The molecule has 0 aliphatic heterocycles. The summed E-state index contributed by atoms with van der Waals surface area (Å²) >= 11 is 0. The molecule has 0 heterocycles. The maximum atomic E-state index is 11.3. The summed E-state index contributed by atoms with van der Waals surface area (Å²) < 4.78 is 4.72. The van der Waals surface area contributed by atoms with Gasteiger partial charge in [0.05, 0.1) is 19.1 Å². The zero-order valence-corrected chi connectivity index (χ0v) is 9.32. The lowest BCUT2D eigenvalue weighted by atomic mass is 9.79. The van der Waals surface area contributed by atoms with Gasteiger partial charge in [-0.05, 0) is 38.0 Å². The molecule has 1 rings (SSSR count). The Morgan fingerprint density at radius 3 is 2.60 bits per heavy atom. The topological polar surface area (TPSA) is 46.5 Å². The Labute approximate surface area is 91.1 Å². The van der Waals surface area contributed by atoms with Gasteiger partial charge in [0.2, 0.25) is 0 Å². The third-order valence-electron chi connectivity index (χ3n) is 3.26. The van der Waals surface area contributed by atoms with E-state index in [1.165, 1.54) is 7.11 Å². The molecular weight excluding hydrogens is 192 g/mol. The normalized spacial score (nSPS) is 28.1. The molecule has 0 bridgehead atoms. The molecule has 0 spiro atoms. The molecule has 1 aliphatic carbocycles. The predicted molar refractivity (Wildman–Crippen MR) is 58.3 cm³/mol. The Bertz CT molecular complexity index is 217. The third kappa shape index (κ3) is 3.34. The molecule has 15 heavy (non-hydrogen) atoms. The van der Waals surface area contributed by atoms with Crippen LogP contribution in [0.15, 0.2) is 12.7 Å². The fourth-order valence-corrected chi connectivity index (χ4v) is 2.27. The maximum Gasteiger partial charge on any atom is 0.308 e. The number of carbonyl (C=O) groups is 1. The minimum atomic E-state index is -0.291. The molecule has 1 aliphatic rings. The summed E-state index contributed by atoms with van der Waals surface area (Å²) in [5, 5.41) is 9.77. The van der Waals surface area contributed by atoms with Crippen molar-refractivity contribution in [1.29, 1.82) is 0 Å². The molecule has 3 nitrogen and oxygen atoms in total. The SMILES string of the molecule is C=CCC(O)C1CCC(C(=O)OC)CC1. The Morgan fingerprint density at radius 2 is 2.13 bits per heavy atom. The molecule has 1 unspecified atom stereocenters.